The van der Waals surface area contributed by atoms with Crippen molar-refractivity contribution in [3.8, 4) is 0 Å². The van der Waals surface area contributed by atoms with Crippen molar-refractivity contribution >= 4 is 11.8 Å². The van der Waals surface area contributed by atoms with Gasteiger partial charge in [0.15, 0.2) is 0 Å². The highest BCUT2D eigenvalue weighted by Crippen LogP contribution is 2.23. The van der Waals surface area contributed by atoms with Crippen molar-refractivity contribution in [2.45, 2.75) is 51.6 Å². The van der Waals surface area contributed by atoms with E-state index in [1.807, 2.05) is 11.8 Å². The normalized spacial score (nSPS) is 27.4. The van der Waals surface area contributed by atoms with E-state index in [0.29, 0.717) is 6.04 Å². The minimum absolute atomic E-state index is 0.690. The van der Waals surface area contributed by atoms with Crippen molar-refractivity contribution in [3.63, 3.8) is 0 Å². The predicted molar refractivity (Wildman–Crippen MR) is 79.9 cm³/mol. The van der Waals surface area contributed by atoms with Gasteiger partial charge in [-0.1, -0.05) is 19.8 Å². The number of thioether (sulfide) groups is 1. The molecule has 1 N–H and O–H groups in total. The van der Waals surface area contributed by atoms with E-state index in [-0.39, 0.29) is 0 Å². The Hall–Kier alpha value is 0.270. The summed E-state index contributed by atoms with van der Waals surface area (Å²) in [4.78, 5) is 2.47. The Balaban J connectivity index is 2.13. The van der Waals surface area contributed by atoms with Crippen LogP contribution in [0.25, 0.3) is 0 Å². The van der Waals surface area contributed by atoms with Crippen molar-refractivity contribution < 1.29 is 0 Å². The molecular formula is C14H30N2S. The zero-order valence-electron chi connectivity index (χ0n) is 12.0. The highest BCUT2D eigenvalue weighted by atomic mass is 32.2. The van der Waals surface area contributed by atoms with E-state index in [4.69, 9.17) is 0 Å². The number of nitrogens with zero attached hydrogens (tertiary/aromatic N) is 1. The predicted octanol–water partition coefficient (Wildman–Crippen LogP) is 2.84. The lowest BCUT2D eigenvalue weighted by Gasteiger charge is -2.31. The number of nitrogens with one attached hydrogen (secondary N) is 1. The second-order valence-corrected chi connectivity index (χ2v) is 6.52. The van der Waals surface area contributed by atoms with Crippen molar-refractivity contribution in [1.82, 2.24) is 10.2 Å². The van der Waals surface area contributed by atoms with Gasteiger partial charge in [0.05, 0.1) is 0 Å². The Morgan fingerprint density at radius 3 is 2.71 bits per heavy atom. The van der Waals surface area contributed by atoms with Gasteiger partial charge in [-0.15, -0.1) is 0 Å². The van der Waals surface area contributed by atoms with Crippen molar-refractivity contribution in [3.05, 3.63) is 0 Å². The van der Waals surface area contributed by atoms with E-state index >= 15 is 0 Å². The van der Waals surface area contributed by atoms with Gasteiger partial charge in [0.2, 0.25) is 0 Å². The molecule has 3 heteroatoms. The van der Waals surface area contributed by atoms with Gasteiger partial charge in [-0.05, 0) is 39.0 Å². The summed E-state index contributed by atoms with van der Waals surface area (Å²) in [6, 6.07) is 1.46. The molecule has 1 aliphatic rings. The minimum atomic E-state index is 0.690. The molecule has 0 saturated heterocycles. The first-order valence-electron chi connectivity index (χ1n) is 7.07. The summed E-state index contributed by atoms with van der Waals surface area (Å²) >= 11 is 1.94. The molecule has 1 rings (SSSR count). The lowest BCUT2D eigenvalue weighted by Crippen LogP contribution is -2.43. The zero-order chi connectivity index (χ0) is 12.7. The first kappa shape index (κ1) is 15.3. The lowest BCUT2D eigenvalue weighted by molar-refractivity contribution is 0.242. The van der Waals surface area contributed by atoms with E-state index in [0.717, 1.165) is 18.5 Å². The molecular weight excluding hydrogens is 228 g/mol. The molecule has 0 amide bonds. The summed E-state index contributed by atoms with van der Waals surface area (Å²) in [5.41, 5.74) is 0. The average molecular weight is 258 g/mol. The Morgan fingerprint density at radius 2 is 2.06 bits per heavy atom. The molecule has 0 spiro atoms. The van der Waals surface area contributed by atoms with E-state index in [1.165, 1.54) is 38.0 Å². The molecule has 17 heavy (non-hydrogen) atoms. The third-order valence-corrected chi connectivity index (χ3v) is 4.96. The summed E-state index contributed by atoms with van der Waals surface area (Å²) in [5, 5.41) is 3.75. The van der Waals surface area contributed by atoms with Crippen LogP contribution in [0, 0.1) is 5.92 Å². The molecule has 2 nitrogen and oxygen atoms in total. The van der Waals surface area contributed by atoms with Crippen LogP contribution in [0.1, 0.15) is 39.5 Å². The molecule has 0 aromatic heterocycles. The third kappa shape index (κ3) is 5.62. The maximum absolute atomic E-state index is 3.75. The summed E-state index contributed by atoms with van der Waals surface area (Å²) in [6.07, 6.45) is 7.83. The molecule has 3 unspecified atom stereocenters. The maximum Gasteiger partial charge on any atom is 0.0155 e. The fourth-order valence-electron chi connectivity index (χ4n) is 2.63. The molecule has 1 aliphatic carbocycles. The lowest BCUT2D eigenvalue weighted by atomic mass is 9.86. The zero-order valence-corrected chi connectivity index (χ0v) is 12.9. The second-order valence-electron chi connectivity index (χ2n) is 5.61. The van der Waals surface area contributed by atoms with Crippen molar-refractivity contribution in [2.24, 2.45) is 5.92 Å². The van der Waals surface area contributed by atoms with Crippen molar-refractivity contribution in [2.75, 3.05) is 32.1 Å². The van der Waals surface area contributed by atoms with Gasteiger partial charge < -0.3 is 10.2 Å². The van der Waals surface area contributed by atoms with Gasteiger partial charge in [-0.2, -0.15) is 11.8 Å². The molecule has 0 heterocycles. The van der Waals surface area contributed by atoms with Gasteiger partial charge >= 0.3 is 0 Å². The first-order chi connectivity index (χ1) is 8.15. The molecule has 0 bridgehead atoms. The topological polar surface area (TPSA) is 15.3 Å². The number of hydrogen-bond acceptors (Lipinski definition) is 3. The van der Waals surface area contributed by atoms with Crippen LogP contribution in [0.3, 0.4) is 0 Å². The molecule has 0 aromatic carbocycles. The molecule has 0 aliphatic heterocycles. The Bertz CT molecular complexity index is 199. The van der Waals surface area contributed by atoms with E-state index in [1.54, 1.807) is 0 Å². The number of rotatable bonds is 7. The summed E-state index contributed by atoms with van der Waals surface area (Å²) < 4.78 is 0. The first-order valence-corrected chi connectivity index (χ1v) is 8.47. The average Bonchev–Trinajstić information content (AvgIpc) is 2.31. The van der Waals surface area contributed by atoms with Crippen molar-refractivity contribution in [1.29, 1.82) is 0 Å². The SMILES string of the molecule is CSCC(C)N(C)CCNC1CCCCC1C. The fraction of sp³-hybridized carbons (Fsp3) is 1.00. The molecule has 0 aromatic rings. The molecule has 1 saturated carbocycles. The van der Waals surface area contributed by atoms with Crippen LogP contribution >= 0.6 is 11.8 Å². The molecule has 102 valence electrons. The Morgan fingerprint density at radius 1 is 1.35 bits per heavy atom. The number of likely N-dealkylation sites (N-methyl/N-ethyl adjacent to an activating group) is 1. The van der Waals surface area contributed by atoms with Gasteiger partial charge in [0.1, 0.15) is 0 Å². The molecule has 0 radical (unpaired) electrons. The van der Waals surface area contributed by atoms with Crippen LogP contribution < -0.4 is 5.32 Å². The van der Waals surface area contributed by atoms with Crippen LogP contribution in [-0.2, 0) is 0 Å². The minimum Gasteiger partial charge on any atom is -0.312 e. The van der Waals surface area contributed by atoms with Crippen LogP contribution in [-0.4, -0.2) is 49.1 Å². The van der Waals surface area contributed by atoms with E-state index in [2.05, 4.69) is 37.4 Å². The highest BCUT2D eigenvalue weighted by Gasteiger charge is 2.20. The van der Waals surface area contributed by atoms with Gasteiger partial charge in [-0.25, -0.2) is 0 Å². The third-order valence-electron chi connectivity index (χ3n) is 4.14. The summed E-state index contributed by atoms with van der Waals surface area (Å²) in [7, 11) is 2.24. The smallest absolute Gasteiger partial charge is 0.0155 e. The molecule has 1 fully saturated rings. The van der Waals surface area contributed by atoms with Crippen LogP contribution in [0.5, 0.6) is 0 Å². The number of hydrogen-bond donors (Lipinski definition) is 1. The summed E-state index contributed by atoms with van der Waals surface area (Å²) in [6.45, 7) is 7.03. The Kier molecular flexibility index (Phi) is 7.56. The standard InChI is InChI=1S/C14H30N2S/c1-12-7-5-6-8-14(12)15-9-10-16(3)13(2)11-17-4/h12-15H,5-11H2,1-4H3. The fourth-order valence-corrected chi connectivity index (χ4v) is 3.37. The molecule has 3 atom stereocenters. The van der Waals surface area contributed by atoms with Crippen LogP contribution in [0.2, 0.25) is 0 Å². The largest absolute Gasteiger partial charge is 0.312 e. The van der Waals surface area contributed by atoms with Gasteiger partial charge in [0.25, 0.3) is 0 Å². The Labute approximate surface area is 112 Å². The van der Waals surface area contributed by atoms with E-state index in [9.17, 15) is 0 Å². The monoisotopic (exact) mass is 258 g/mol. The maximum atomic E-state index is 3.75. The van der Waals surface area contributed by atoms with Gasteiger partial charge in [0, 0.05) is 30.9 Å². The summed E-state index contributed by atoms with van der Waals surface area (Å²) in [5.74, 6) is 2.11. The quantitative estimate of drug-likeness (QED) is 0.756. The van der Waals surface area contributed by atoms with E-state index < -0.39 is 0 Å². The van der Waals surface area contributed by atoms with Crippen LogP contribution in [0.15, 0.2) is 0 Å². The van der Waals surface area contributed by atoms with Gasteiger partial charge in [-0.3, -0.25) is 0 Å². The second kappa shape index (κ2) is 8.39. The highest BCUT2D eigenvalue weighted by molar-refractivity contribution is 7.98. The van der Waals surface area contributed by atoms with Crippen LogP contribution in [0.4, 0.5) is 0 Å².